The summed E-state index contributed by atoms with van der Waals surface area (Å²) >= 11 is 12.9. The van der Waals surface area contributed by atoms with Crippen LogP contribution in [0.2, 0.25) is 5.02 Å². The van der Waals surface area contributed by atoms with E-state index in [0.29, 0.717) is 48.2 Å². The van der Waals surface area contributed by atoms with E-state index in [9.17, 15) is 0 Å². The maximum Gasteiger partial charge on any atom is 0.183 e. The number of nitrogens with zero attached hydrogens (tertiary/aromatic N) is 14. The van der Waals surface area contributed by atoms with Gasteiger partial charge in [0.2, 0.25) is 0 Å². The van der Waals surface area contributed by atoms with Gasteiger partial charge in [0.25, 0.3) is 0 Å². The van der Waals surface area contributed by atoms with Crippen LogP contribution in [0.25, 0.3) is 122 Å². The summed E-state index contributed by atoms with van der Waals surface area (Å²) in [7, 11) is 1.66. The maximum absolute atomic E-state index is 6.55. The van der Waals surface area contributed by atoms with Crippen LogP contribution in [0.15, 0.2) is 192 Å². The van der Waals surface area contributed by atoms with Crippen LogP contribution in [0, 0.1) is 34.6 Å². The van der Waals surface area contributed by atoms with E-state index >= 15 is 0 Å². The van der Waals surface area contributed by atoms with Crippen molar-refractivity contribution in [3.05, 3.63) is 236 Å². The van der Waals surface area contributed by atoms with Crippen LogP contribution in [0.5, 0.6) is 40.2 Å². The Hall–Kier alpha value is -13.0. The molecule has 0 saturated heterocycles. The predicted octanol–water partition coefficient (Wildman–Crippen LogP) is 32.3. The zero-order valence-electron chi connectivity index (χ0n) is 92.8. The van der Waals surface area contributed by atoms with Crippen LogP contribution in [0.3, 0.4) is 0 Å². The van der Waals surface area contributed by atoms with Gasteiger partial charge in [0, 0.05) is 140 Å². The molecule has 0 bridgehead atoms. The number of ether oxygens (including phenoxy) is 8. The molecule has 18 aromatic rings. The summed E-state index contributed by atoms with van der Waals surface area (Å²) in [5.41, 5.74) is 17.2. The third kappa shape index (κ3) is 32.3. The molecule has 0 unspecified atom stereocenters. The Morgan fingerprint density at radius 2 is 0.678 bits per heavy atom. The number of nitrogens with one attached hydrogen (secondary N) is 3. The molecule has 0 aliphatic heterocycles. The molecule has 149 heavy (non-hydrogen) atoms. The van der Waals surface area contributed by atoms with Crippen molar-refractivity contribution in [1.82, 2.24) is 69.4 Å². The van der Waals surface area contributed by atoms with Gasteiger partial charge in [-0.25, -0.2) is 59.2 Å². The second-order valence-electron chi connectivity index (χ2n) is 44.5. The molecule has 0 atom stereocenters. The minimum atomic E-state index is -0.328. The van der Waals surface area contributed by atoms with Crippen molar-refractivity contribution in [3.8, 4) is 96.7 Å². The van der Waals surface area contributed by atoms with E-state index in [-0.39, 0.29) is 33.6 Å². The number of methoxy groups -OCH3 is 1. The molecule has 0 aliphatic carbocycles. The minimum Gasteiger partial charge on any atom is -0.491 e. The lowest BCUT2D eigenvalue weighted by Crippen LogP contribution is -2.23. The zero-order chi connectivity index (χ0) is 108. The smallest absolute Gasteiger partial charge is 0.183 e. The quantitative estimate of drug-likeness (QED) is 0.0474. The van der Waals surface area contributed by atoms with Crippen molar-refractivity contribution in [1.29, 1.82) is 0 Å². The van der Waals surface area contributed by atoms with Gasteiger partial charge in [-0.2, -0.15) is 10.2 Å². The van der Waals surface area contributed by atoms with Crippen molar-refractivity contribution < 1.29 is 37.9 Å². The zero-order valence-corrected chi connectivity index (χ0v) is 96.8. The molecule has 6 aromatic carbocycles. The van der Waals surface area contributed by atoms with Crippen molar-refractivity contribution in [3.63, 3.8) is 0 Å². The number of benzene rings is 6. The lowest BCUT2D eigenvalue weighted by molar-refractivity contribution is 0.132. The fourth-order valence-electron chi connectivity index (χ4n) is 15.2. The average molecular weight is 2110 g/mol. The van der Waals surface area contributed by atoms with Crippen LogP contribution in [-0.4, -0.2) is 141 Å². The third-order valence-electron chi connectivity index (χ3n) is 21.6. The molecule has 12 aromatic heterocycles. The number of pyridine rings is 6. The monoisotopic (exact) mass is 2100 g/mol. The first-order valence-electron chi connectivity index (χ1n) is 50.6. The second-order valence-corrected chi connectivity index (χ2v) is 48.3. The minimum absolute atomic E-state index is 0.261. The fourth-order valence-corrected chi connectivity index (χ4v) is 18.9. The van der Waals surface area contributed by atoms with Gasteiger partial charge in [0.05, 0.1) is 73.2 Å². The number of hydrogen-bond donors (Lipinski definition) is 3. The first kappa shape index (κ1) is 113. The molecule has 0 aliphatic rings. The Morgan fingerprint density at radius 3 is 1.04 bits per heavy atom. The van der Waals surface area contributed by atoms with Gasteiger partial charge in [-0.15, -0.1) is 45.3 Å². The SMILES string of the molecule is COCCOc1ccc2c(OC(C)(C)C)cc(-c3csc(NC(C)C)n3)nc2c1.Cc1ccc2c(OC(C)(C)C)cc(-c3csc(NC(C)C)n3)nc2c1.Cc1ccc2c(OC(C)(C)C)cc(-c3csc(NC(C)C)n3)nc2c1Cl.Cc1ccc2c(OC(C)(C)C)cc(-c3nc(C(C)C)cs3)nc2c1.Cc1ccc2c(OC(C)(C)C)cc(-n3ccc(C(C)C)n3)nc2c1.Cc1ccc2c(OC(C)(C)C)cc(-n3cccn3)nc2c1. The third-order valence-corrected chi connectivity index (χ3v) is 25.3. The lowest BCUT2D eigenvalue weighted by Gasteiger charge is -2.23. The van der Waals surface area contributed by atoms with E-state index in [2.05, 4.69) is 284 Å². The summed E-state index contributed by atoms with van der Waals surface area (Å²) in [5.74, 6) is 8.03. The highest BCUT2D eigenvalue weighted by Gasteiger charge is 2.27. The lowest BCUT2D eigenvalue weighted by atomic mass is 10.1. The molecule has 0 spiro atoms. The summed E-state index contributed by atoms with van der Waals surface area (Å²) in [5, 5.41) is 37.3. The molecule has 786 valence electrons. The van der Waals surface area contributed by atoms with Gasteiger partial charge in [0.15, 0.2) is 27.0 Å². The van der Waals surface area contributed by atoms with E-state index in [4.69, 9.17) is 79.4 Å². The summed E-state index contributed by atoms with van der Waals surface area (Å²) in [6.07, 6.45) is 5.58. The molecular weight excluding hydrogens is 1960 g/mol. The molecule has 0 saturated carbocycles. The summed E-state index contributed by atoms with van der Waals surface area (Å²) in [4.78, 5) is 47.6. The first-order valence-corrected chi connectivity index (χ1v) is 54.5. The topological polar surface area (TPSA) is 274 Å². The van der Waals surface area contributed by atoms with Gasteiger partial charge in [-0.3, -0.25) is 0 Å². The van der Waals surface area contributed by atoms with Crippen LogP contribution < -0.4 is 49.1 Å². The molecule has 12 heterocycles. The highest BCUT2D eigenvalue weighted by molar-refractivity contribution is 7.14. The van der Waals surface area contributed by atoms with Gasteiger partial charge >= 0.3 is 0 Å². The van der Waals surface area contributed by atoms with Gasteiger partial charge in [0.1, 0.15) is 108 Å². The summed E-state index contributed by atoms with van der Waals surface area (Å²) in [6.45, 7) is 69.3. The van der Waals surface area contributed by atoms with E-state index in [0.717, 1.165) is 195 Å². The standard InChI is InChI=1S/C22H29N3O3S.C20H24ClN3OS.C20H25N3OS.C20H25N3O.C20H24N2OS.C17H19N3O/c1-14(2)23-21-25-19(13-29-21)18-12-20(28-22(3,4)5)16-8-7-15(11-17(16)24-18)27-10-9-26-6;1-11(2)22-19-24-15(10-26-19)14-9-16(25-20(4,5)6)13-8-7-12(3)17(21)18(13)23-14;1-12(2)21-19-23-17(11-25-19)16-10-18(24-20(4,5)6)14-8-7-13(3)9-15(14)22-16;1-13(2)16-9-10-23(22-16)19-12-18(24-20(4,5)6)15-8-7-14(3)11-17(15)21-19;1-12(2)17-11-24-19(22-17)16-10-18(23-20(4,5)6)14-8-7-13(3)9-15(14)21-16;1-12-6-7-13-14(10-12)19-16(20-9-5-8-18-20)11-15(13)21-17(2,3)4/h7-8,11-14H,9-10H2,1-6H3,(H,23,25);7-11H,1-6H3,(H,22,24);7-12H,1-6H3,(H,21,23);7-13H,1-6H3;7-12H,1-6H3;5-11H,1-4H3. The Morgan fingerprint density at radius 1 is 0.329 bits per heavy atom. The van der Waals surface area contributed by atoms with E-state index in [1.807, 2.05) is 181 Å². The first-order chi connectivity index (χ1) is 70.0. The number of halogens is 1. The Bertz CT molecular complexity index is 7480. The molecule has 0 amide bonds. The van der Waals surface area contributed by atoms with Crippen LogP contribution in [-0.2, 0) is 4.74 Å². The van der Waals surface area contributed by atoms with Crippen molar-refractivity contribution in [2.45, 2.75) is 292 Å². The normalized spacial score (nSPS) is 12.0. The second kappa shape index (κ2) is 47.9. The molecule has 30 heteroatoms. The number of rotatable bonds is 24. The van der Waals surface area contributed by atoms with E-state index in [1.165, 1.54) is 22.3 Å². The molecule has 18 rings (SSSR count). The number of fused-ring (bicyclic) bond motifs is 6. The van der Waals surface area contributed by atoms with Crippen LogP contribution in [0.4, 0.5) is 15.4 Å². The molecule has 0 radical (unpaired) electrons. The van der Waals surface area contributed by atoms with E-state index in [1.54, 1.807) is 63.3 Å². The van der Waals surface area contributed by atoms with Crippen molar-refractivity contribution >= 4 is 138 Å². The molecule has 25 nitrogen and oxygen atoms in total. The molecule has 3 N–H and O–H groups in total. The number of anilines is 3. The van der Waals surface area contributed by atoms with Crippen molar-refractivity contribution in [2.24, 2.45) is 0 Å². The summed E-state index contributed by atoms with van der Waals surface area (Å²) < 4.78 is 51.6. The highest BCUT2D eigenvalue weighted by Crippen LogP contribution is 2.43. The van der Waals surface area contributed by atoms with Crippen molar-refractivity contribution in [2.75, 3.05) is 36.3 Å². The fraction of sp³-hybridized carbons (Fsp3) is 0.395. The molecule has 0 fully saturated rings. The number of aromatic nitrogens is 14. The Balaban J connectivity index is 0.000000149. The largest absolute Gasteiger partial charge is 0.491 e. The summed E-state index contributed by atoms with van der Waals surface area (Å²) in [6, 6.07) is 51.6. The number of hydrogen-bond acceptors (Lipinski definition) is 27. The number of aryl methyl sites for hydroxylation is 5. The highest BCUT2D eigenvalue weighted by atomic mass is 35.5. The Kier molecular flexibility index (Phi) is 36.3. The van der Waals surface area contributed by atoms with Gasteiger partial charge in [-0.1, -0.05) is 69.6 Å². The number of thiazole rings is 4. The van der Waals surface area contributed by atoms with Crippen LogP contribution in [0.1, 0.15) is 245 Å². The van der Waals surface area contributed by atoms with Gasteiger partial charge in [-0.05, 0) is 319 Å². The van der Waals surface area contributed by atoms with E-state index < -0.39 is 0 Å². The maximum atomic E-state index is 6.55. The predicted molar refractivity (Wildman–Crippen MR) is 622 cm³/mol. The Labute approximate surface area is 899 Å². The van der Waals surface area contributed by atoms with Gasteiger partial charge < -0.3 is 53.8 Å². The average Bonchev–Trinajstić information content (AvgIpc) is 1.72. The molecular formula is C119H146ClN17O8S4. The van der Waals surface area contributed by atoms with Crippen LogP contribution >= 0.6 is 56.9 Å².